The van der Waals surface area contributed by atoms with E-state index in [1.165, 1.54) is 4.90 Å². The van der Waals surface area contributed by atoms with E-state index in [0.717, 1.165) is 18.6 Å². The molecule has 1 amide bonds. The topological polar surface area (TPSA) is 63.4 Å². The third-order valence-corrected chi connectivity index (χ3v) is 2.62. The Balaban J connectivity index is 3.13. The summed E-state index contributed by atoms with van der Waals surface area (Å²) in [6, 6.07) is 1.87. The van der Waals surface area contributed by atoms with E-state index in [1.807, 2.05) is 6.92 Å². The Labute approximate surface area is 110 Å². The van der Waals surface area contributed by atoms with Gasteiger partial charge in [-0.25, -0.2) is 8.78 Å². The molecule has 1 rings (SSSR count). The second kappa shape index (κ2) is 6.82. The summed E-state index contributed by atoms with van der Waals surface area (Å²) < 4.78 is 27.7. The third-order valence-electron chi connectivity index (χ3n) is 2.62. The van der Waals surface area contributed by atoms with E-state index in [0.29, 0.717) is 19.3 Å². The van der Waals surface area contributed by atoms with Crippen molar-refractivity contribution >= 4 is 17.9 Å². The van der Waals surface area contributed by atoms with Crippen LogP contribution in [0.5, 0.6) is 0 Å². The number of carbonyl (C=O) groups excluding carboxylic acids is 2. The van der Waals surface area contributed by atoms with Gasteiger partial charge >= 0.3 is 0 Å². The summed E-state index contributed by atoms with van der Waals surface area (Å²) >= 11 is 0. The third kappa shape index (κ3) is 4.01. The molecule has 0 unspecified atom stereocenters. The van der Waals surface area contributed by atoms with Crippen molar-refractivity contribution in [2.24, 2.45) is 5.73 Å². The van der Waals surface area contributed by atoms with Crippen molar-refractivity contribution in [3.8, 4) is 0 Å². The molecule has 2 N–H and O–H groups in total. The molecular formula is C13H16F2N2O2. The average molecular weight is 270 g/mol. The van der Waals surface area contributed by atoms with Gasteiger partial charge in [0.05, 0.1) is 6.54 Å². The van der Waals surface area contributed by atoms with Gasteiger partial charge in [0.2, 0.25) is 5.91 Å². The number of amides is 1. The fraction of sp³-hybridized carbons (Fsp3) is 0.385. The Morgan fingerprint density at radius 3 is 2.37 bits per heavy atom. The highest BCUT2D eigenvalue weighted by atomic mass is 19.1. The van der Waals surface area contributed by atoms with E-state index in [1.54, 1.807) is 0 Å². The quantitative estimate of drug-likeness (QED) is 0.769. The second-order valence-electron chi connectivity index (χ2n) is 4.19. The summed E-state index contributed by atoms with van der Waals surface area (Å²) in [6.07, 6.45) is 1.84. The molecule has 104 valence electrons. The molecule has 0 aliphatic rings. The molecule has 0 aliphatic heterocycles. The van der Waals surface area contributed by atoms with Crippen molar-refractivity contribution in [2.45, 2.75) is 19.8 Å². The zero-order valence-electron chi connectivity index (χ0n) is 10.7. The number of hydrogen-bond acceptors (Lipinski definition) is 3. The van der Waals surface area contributed by atoms with Gasteiger partial charge in [-0.1, -0.05) is 13.3 Å². The first-order valence-corrected chi connectivity index (χ1v) is 5.97. The van der Waals surface area contributed by atoms with Crippen LogP contribution in [0.2, 0.25) is 0 Å². The number of primary amides is 1. The number of nitrogens with two attached hydrogens (primary N) is 1. The first kappa shape index (κ1) is 15.1. The monoisotopic (exact) mass is 270 g/mol. The Morgan fingerprint density at radius 1 is 1.37 bits per heavy atom. The maximum atomic E-state index is 13.8. The number of carbonyl (C=O) groups is 2. The predicted octanol–water partition coefficient (Wildman–Crippen LogP) is 1.87. The zero-order chi connectivity index (χ0) is 14.4. The van der Waals surface area contributed by atoms with Crippen LogP contribution in [0.15, 0.2) is 12.1 Å². The Bertz CT molecular complexity index is 455. The zero-order valence-corrected chi connectivity index (χ0v) is 10.7. The van der Waals surface area contributed by atoms with Crippen LogP contribution in [0.4, 0.5) is 14.5 Å². The molecule has 0 fully saturated rings. The van der Waals surface area contributed by atoms with Crippen molar-refractivity contribution in [1.82, 2.24) is 0 Å². The van der Waals surface area contributed by atoms with Crippen LogP contribution in [0.1, 0.15) is 30.1 Å². The number of anilines is 1. The lowest BCUT2D eigenvalue weighted by atomic mass is 10.1. The molecule has 1 aromatic carbocycles. The highest BCUT2D eigenvalue weighted by molar-refractivity contribution is 5.80. The van der Waals surface area contributed by atoms with Gasteiger partial charge in [0, 0.05) is 12.1 Å². The number of unbranched alkanes of at least 4 members (excludes halogenated alkanes) is 1. The van der Waals surface area contributed by atoms with E-state index < -0.39 is 17.5 Å². The van der Waals surface area contributed by atoms with E-state index in [-0.39, 0.29) is 17.8 Å². The summed E-state index contributed by atoms with van der Waals surface area (Å²) in [5.74, 6) is -2.42. The normalized spacial score (nSPS) is 10.3. The lowest BCUT2D eigenvalue weighted by molar-refractivity contribution is -0.116. The lowest BCUT2D eigenvalue weighted by Crippen LogP contribution is -2.35. The minimum atomic E-state index is -0.876. The van der Waals surface area contributed by atoms with Gasteiger partial charge in [0.15, 0.2) is 0 Å². The Morgan fingerprint density at radius 2 is 1.95 bits per heavy atom. The molecule has 0 heterocycles. The van der Waals surface area contributed by atoms with Crippen LogP contribution in [0, 0.1) is 11.6 Å². The van der Waals surface area contributed by atoms with Crippen LogP contribution >= 0.6 is 0 Å². The molecule has 6 heteroatoms. The van der Waals surface area contributed by atoms with E-state index in [2.05, 4.69) is 0 Å². The Kier molecular flexibility index (Phi) is 5.41. The van der Waals surface area contributed by atoms with Crippen LogP contribution in [0.25, 0.3) is 0 Å². The largest absolute Gasteiger partial charge is 0.368 e. The molecule has 0 saturated heterocycles. The summed E-state index contributed by atoms with van der Waals surface area (Å²) in [4.78, 5) is 22.7. The summed E-state index contributed by atoms with van der Waals surface area (Å²) in [5.41, 5.74) is 4.67. The molecule has 0 aliphatic carbocycles. The average Bonchev–Trinajstić information content (AvgIpc) is 2.33. The molecular weight excluding hydrogens is 254 g/mol. The molecule has 0 radical (unpaired) electrons. The van der Waals surface area contributed by atoms with Gasteiger partial charge in [-0.3, -0.25) is 9.59 Å². The second-order valence-corrected chi connectivity index (χ2v) is 4.19. The first-order chi connectivity index (χ1) is 8.99. The number of benzene rings is 1. The van der Waals surface area contributed by atoms with Crippen LogP contribution < -0.4 is 10.6 Å². The van der Waals surface area contributed by atoms with Crippen molar-refractivity contribution in [3.05, 3.63) is 29.3 Å². The highest BCUT2D eigenvalue weighted by Gasteiger charge is 2.19. The molecule has 0 atom stereocenters. The smallest absolute Gasteiger partial charge is 0.236 e. The maximum Gasteiger partial charge on any atom is 0.236 e. The first-order valence-electron chi connectivity index (χ1n) is 5.97. The van der Waals surface area contributed by atoms with Crippen molar-refractivity contribution in [2.75, 3.05) is 18.0 Å². The van der Waals surface area contributed by atoms with E-state index >= 15 is 0 Å². The standard InChI is InChI=1S/C13H16F2N2O2/c1-2-3-4-17(7-12(16)19)13-10(14)5-9(8-18)6-11(13)15/h5-6,8H,2-4,7H2,1H3,(H2,16,19). The van der Waals surface area contributed by atoms with Crippen molar-refractivity contribution in [3.63, 3.8) is 0 Å². The van der Waals surface area contributed by atoms with Gasteiger partial charge in [0.25, 0.3) is 0 Å². The molecule has 1 aromatic rings. The number of rotatable bonds is 7. The fourth-order valence-corrected chi connectivity index (χ4v) is 1.76. The van der Waals surface area contributed by atoms with Gasteiger partial charge in [-0.2, -0.15) is 0 Å². The van der Waals surface area contributed by atoms with Crippen molar-refractivity contribution < 1.29 is 18.4 Å². The fourth-order valence-electron chi connectivity index (χ4n) is 1.76. The lowest BCUT2D eigenvalue weighted by Gasteiger charge is -2.24. The van der Waals surface area contributed by atoms with Crippen LogP contribution in [-0.2, 0) is 4.79 Å². The number of halogens is 2. The maximum absolute atomic E-state index is 13.8. The summed E-state index contributed by atoms with van der Waals surface area (Å²) in [5, 5.41) is 0. The SMILES string of the molecule is CCCCN(CC(N)=O)c1c(F)cc(C=O)cc1F. The Hall–Kier alpha value is -1.98. The highest BCUT2D eigenvalue weighted by Crippen LogP contribution is 2.24. The number of aldehydes is 1. The van der Waals surface area contributed by atoms with Gasteiger partial charge < -0.3 is 10.6 Å². The number of hydrogen-bond donors (Lipinski definition) is 1. The molecule has 0 aromatic heterocycles. The molecule has 0 spiro atoms. The summed E-state index contributed by atoms with van der Waals surface area (Å²) in [6.45, 7) is 1.96. The predicted molar refractivity (Wildman–Crippen MR) is 68.1 cm³/mol. The minimum absolute atomic E-state index is 0.0896. The van der Waals surface area contributed by atoms with Gasteiger partial charge in [-0.05, 0) is 18.6 Å². The van der Waals surface area contributed by atoms with Crippen molar-refractivity contribution in [1.29, 1.82) is 0 Å². The minimum Gasteiger partial charge on any atom is -0.368 e. The number of nitrogens with zero attached hydrogens (tertiary/aromatic N) is 1. The molecule has 19 heavy (non-hydrogen) atoms. The van der Waals surface area contributed by atoms with Crippen LogP contribution in [-0.4, -0.2) is 25.3 Å². The summed E-state index contributed by atoms with van der Waals surface area (Å²) in [7, 11) is 0. The molecule has 0 saturated carbocycles. The molecule has 4 nitrogen and oxygen atoms in total. The molecule has 0 bridgehead atoms. The van der Waals surface area contributed by atoms with Gasteiger partial charge in [-0.15, -0.1) is 0 Å². The van der Waals surface area contributed by atoms with Gasteiger partial charge in [0.1, 0.15) is 23.6 Å². The van der Waals surface area contributed by atoms with E-state index in [9.17, 15) is 18.4 Å². The van der Waals surface area contributed by atoms with Crippen LogP contribution in [0.3, 0.4) is 0 Å². The van der Waals surface area contributed by atoms with E-state index in [4.69, 9.17) is 5.73 Å².